The van der Waals surface area contributed by atoms with Gasteiger partial charge in [-0.15, -0.1) is 11.3 Å². The fourth-order valence-electron chi connectivity index (χ4n) is 4.07. The Morgan fingerprint density at radius 3 is 2.68 bits per heavy atom. The minimum absolute atomic E-state index is 0.751. The standard InChI is InChI=1S/C24H23N3S/c1-15-11-12-19(16(2)13-15)25-23-22-18-9-6-10-20(18)28-24(22)27-21(26-23)14-17-7-4-3-5-8-17/h3-5,7-8,11-13H,6,9-10,14H2,1-2H3,(H,25,26,27). The first-order valence-corrected chi connectivity index (χ1v) is 10.7. The number of nitrogens with one attached hydrogen (secondary N) is 1. The molecule has 1 aliphatic rings. The number of rotatable bonds is 4. The molecule has 0 unspecified atom stereocenters. The molecule has 0 saturated heterocycles. The molecule has 0 spiro atoms. The highest BCUT2D eigenvalue weighted by Crippen LogP contribution is 2.40. The van der Waals surface area contributed by atoms with Crippen molar-refractivity contribution in [3.05, 3.63) is 81.5 Å². The van der Waals surface area contributed by atoms with Crippen LogP contribution in [0.4, 0.5) is 11.5 Å². The number of aryl methyl sites for hydroxylation is 4. The van der Waals surface area contributed by atoms with Gasteiger partial charge < -0.3 is 5.32 Å². The molecule has 140 valence electrons. The SMILES string of the molecule is Cc1ccc(Nc2nc(Cc3ccccc3)nc3sc4c(c23)CCC4)c(C)c1. The molecule has 2 heterocycles. The van der Waals surface area contributed by atoms with Gasteiger partial charge in [-0.05, 0) is 55.9 Å². The van der Waals surface area contributed by atoms with Gasteiger partial charge in [0.05, 0.1) is 5.39 Å². The van der Waals surface area contributed by atoms with Crippen LogP contribution in [0.25, 0.3) is 10.2 Å². The molecule has 0 bridgehead atoms. The van der Waals surface area contributed by atoms with Crippen LogP contribution in [0.3, 0.4) is 0 Å². The Morgan fingerprint density at radius 1 is 1.00 bits per heavy atom. The van der Waals surface area contributed by atoms with Gasteiger partial charge >= 0.3 is 0 Å². The van der Waals surface area contributed by atoms with E-state index >= 15 is 0 Å². The number of anilines is 2. The van der Waals surface area contributed by atoms with Crippen LogP contribution in [0.5, 0.6) is 0 Å². The minimum Gasteiger partial charge on any atom is -0.339 e. The first-order valence-electron chi connectivity index (χ1n) is 9.87. The number of aromatic nitrogens is 2. The Balaban J connectivity index is 1.62. The van der Waals surface area contributed by atoms with E-state index in [9.17, 15) is 0 Å². The van der Waals surface area contributed by atoms with Gasteiger partial charge in [0.2, 0.25) is 0 Å². The molecule has 0 saturated carbocycles. The van der Waals surface area contributed by atoms with Crippen molar-refractivity contribution in [2.45, 2.75) is 39.5 Å². The summed E-state index contributed by atoms with van der Waals surface area (Å²) in [7, 11) is 0. The topological polar surface area (TPSA) is 37.8 Å². The number of benzene rings is 2. The Bertz CT molecular complexity index is 1160. The normalized spacial score (nSPS) is 13.1. The molecule has 4 heteroatoms. The summed E-state index contributed by atoms with van der Waals surface area (Å²) < 4.78 is 0. The lowest BCUT2D eigenvalue weighted by Crippen LogP contribution is -2.03. The van der Waals surface area contributed by atoms with Crippen LogP contribution in [0.2, 0.25) is 0 Å². The van der Waals surface area contributed by atoms with Gasteiger partial charge in [0.25, 0.3) is 0 Å². The van der Waals surface area contributed by atoms with Crippen molar-refractivity contribution in [1.82, 2.24) is 9.97 Å². The average Bonchev–Trinajstić information content (AvgIpc) is 3.25. The van der Waals surface area contributed by atoms with Gasteiger partial charge in [-0.2, -0.15) is 0 Å². The van der Waals surface area contributed by atoms with Gasteiger partial charge in [0.1, 0.15) is 16.5 Å². The maximum Gasteiger partial charge on any atom is 0.143 e. The van der Waals surface area contributed by atoms with Crippen molar-refractivity contribution in [1.29, 1.82) is 0 Å². The first-order chi connectivity index (χ1) is 13.7. The zero-order valence-corrected chi connectivity index (χ0v) is 17.1. The third-order valence-corrected chi connectivity index (χ3v) is 6.64. The van der Waals surface area contributed by atoms with Gasteiger partial charge in [-0.3, -0.25) is 0 Å². The highest BCUT2D eigenvalue weighted by molar-refractivity contribution is 7.19. The fraction of sp³-hybridized carbons (Fsp3) is 0.250. The van der Waals surface area contributed by atoms with Crippen molar-refractivity contribution in [2.75, 3.05) is 5.32 Å². The Kier molecular flexibility index (Phi) is 4.36. The molecule has 2 aromatic heterocycles. The smallest absolute Gasteiger partial charge is 0.143 e. The predicted octanol–water partition coefficient (Wildman–Crippen LogP) is 6.13. The van der Waals surface area contributed by atoms with Crippen molar-refractivity contribution < 1.29 is 0 Å². The zero-order valence-electron chi connectivity index (χ0n) is 16.2. The van der Waals surface area contributed by atoms with Crippen molar-refractivity contribution in [3.63, 3.8) is 0 Å². The van der Waals surface area contributed by atoms with Crippen LogP contribution < -0.4 is 5.32 Å². The highest BCUT2D eigenvalue weighted by Gasteiger charge is 2.22. The van der Waals surface area contributed by atoms with Gasteiger partial charge in [0.15, 0.2) is 0 Å². The van der Waals surface area contributed by atoms with Gasteiger partial charge in [-0.25, -0.2) is 9.97 Å². The van der Waals surface area contributed by atoms with E-state index in [-0.39, 0.29) is 0 Å². The molecule has 5 rings (SSSR count). The quantitative estimate of drug-likeness (QED) is 0.459. The van der Waals surface area contributed by atoms with Gasteiger partial charge in [-0.1, -0.05) is 48.0 Å². The van der Waals surface area contributed by atoms with Crippen LogP contribution in [0.1, 0.15) is 39.4 Å². The number of nitrogens with zero attached hydrogens (tertiary/aromatic N) is 2. The molecule has 1 N–H and O–H groups in total. The molecule has 0 amide bonds. The molecular weight excluding hydrogens is 362 g/mol. The van der Waals surface area contributed by atoms with Crippen LogP contribution in [0.15, 0.2) is 48.5 Å². The van der Waals surface area contributed by atoms with E-state index in [0.29, 0.717) is 0 Å². The summed E-state index contributed by atoms with van der Waals surface area (Å²) in [6, 6.07) is 17.0. The lowest BCUT2D eigenvalue weighted by molar-refractivity contribution is 0.916. The molecule has 0 aliphatic heterocycles. The Hall–Kier alpha value is -2.72. The average molecular weight is 386 g/mol. The molecular formula is C24H23N3S. The predicted molar refractivity (Wildman–Crippen MR) is 118 cm³/mol. The van der Waals surface area contributed by atoms with E-state index in [1.54, 1.807) is 0 Å². The molecule has 0 atom stereocenters. The van der Waals surface area contributed by atoms with E-state index in [0.717, 1.165) is 35.0 Å². The number of thiophene rings is 1. The summed E-state index contributed by atoms with van der Waals surface area (Å²) >= 11 is 1.85. The Morgan fingerprint density at radius 2 is 1.86 bits per heavy atom. The maximum absolute atomic E-state index is 4.99. The van der Waals surface area contributed by atoms with Crippen LogP contribution >= 0.6 is 11.3 Å². The maximum atomic E-state index is 4.99. The third-order valence-electron chi connectivity index (χ3n) is 5.45. The molecule has 2 aromatic carbocycles. The van der Waals surface area contributed by atoms with Crippen molar-refractivity contribution in [3.8, 4) is 0 Å². The lowest BCUT2D eigenvalue weighted by atomic mass is 10.1. The second kappa shape index (κ2) is 7.02. The second-order valence-corrected chi connectivity index (χ2v) is 8.72. The zero-order chi connectivity index (χ0) is 19.1. The van der Waals surface area contributed by atoms with E-state index in [1.807, 2.05) is 17.4 Å². The summed E-state index contributed by atoms with van der Waals surface area (Å²) in [5.74, 6) is 1.84. The third kappa shape index (κ3) is 3.18. The van der Waals surface area contributed by atoms with Crippen molar-refractivity contribution >= 4 is 33.1 Å². The number of fused-ring (bicyclic) bond motifs is 3. The fourth-order valence-corrected chi connectivity index (χ4v) is 5.35. The number of hydrogen-bond acceptors (Lipinski definition) is 4. The van der Waals surface area contributed by atoms with E-state index in [4.69, 9.17) is 9.97 Å². The summed E-state index contributed by atoms with van der Waals surface area (Å²) in [6.07, 6.45) is 4.30. The van der Waals surface area contributed by atoms with E-state index in [1.165, 1.54) is 45.4 Å². The van der Waals surface area contributed by atoms with Crippen LogP contribution in [0, 0.1) is 13.8 Å². The summed E-state index contributed by atoms with van der Waals surface area (Å²) in [5, 5.41) is 4.87. The largest absolute Gasteiger partial charge is 0.339 e. The number of hydrogen-bond donors (Lipinski definition) is 1. The highest BCUT2D eigenvalue weighted by atomic mass is 32.1. The van der Waals surface area contributed by atoms with Gasteiger partial charge in [0, 0.05) is 17.0 Å². The molecule has 0 fully saturated rings. The minimum atomic E-state index is 0.751. The molecule has 1 aliphatic carbocycles. The summed E-state index contributed by atoms with van der Waals surface area (Å²) in [6.45, 7) is 4.28. The van der Waals surface area contributed by atoms with Crippen molar-refractivity contribution in [2.24, 2.45) is 0 Å². The lowest BCUT2D eigenvalue weighted by Gasteiger charge is -2.13. The monoisotopic (exact) mass is 385 g/mol. The summed E-state index contributed by atoms with van der Waals surface area (Å²) in [4.78, 5) is 12.5. The van der Waals surface area contributed by atoms with Crippen LogP contribution in [-0.4, -0.2) is 9.97 Å². The molecule has 28 heavy (non-hydrogen) atoms. The Labute approximate surface area is 169 Å². The summed E-state index contributed by atoms with van der Waals surface area (Å²) in [5.41, 5.74) is 6.33. The molecule has 3 nitrogen and oxygen atoms in total. The van der Waals surface area contributed by atoms with E-state index < -0.39 is 0 Å². The second-order valence-electron chi connectivity index (χ2n) is 7.63. The molecule has 4 aromatic rings. The van der Waals surface area contributed by atoms with Crippen LogP contribution in [-0.2, 0) is 19.3 Å². The first kappa shape index (κ1) is 17.4. The molecule has 0 radical (unpaired) electrons. The van der Waals surface area contributed by atoms with E-state index in [2.05, 4.69) is 61.6 Å².